The third-order valence-corrected chi connectivity index (χ3v) is 3.37. The molecule has 17 heavy (non-hydrogen) atoms. The first kappa shape index (κ1) is 11.9. The second-order valence-corrected chi connectivity index (χ2v) is 4.52. The third-order valence-electron chi connectivity index (χ3n) is 3.37. The highest BCUT2D eigenvalue weighted by Gasteiger charge is 2.24. The Morgan fingerprint density at radius 1 is 1.47 bits per heavy atom. The van der Waals surface area contributed by atoms with Crippen LogP contribution in [0, 0.1) is 17.2 Å². The Kier molecular flexibility index (Phi) is 3.94. The molecule has 0 radical (unpaired) electrons. The highest BCUT2D eigenvalue weighted by molar-refractivity contribution is 5.46. The Morgan fingerprint density at radius 3 is 3.06 bits per heavy atom. The predicted octanol–water partition coefficient (Wildman–Crippen LogP) is 1.92. The van der Waals surface area contributed by atoms with Gasteiger partial charge in [0.15, 0.2) is 0 Å². The van der Waals surface area contributed by atoms with Crippen LogP contribution in [-0.2, 0) is 0 Å². The van der Waals surface area contributed by atoms with Crippen molar-refractivity contribution in [3.63, 3.8) is 0 Å². The number of aliphatic hydroxyl groups excluding tert-OH is 1. The normalized spacial score (nSPS) is 24.0. The van der Waals surface area contributed by atoms with Gasteiger partial charge in [-0.3, -0.25) is 0 Å². The zero-order chi connectivity index (χ0) is 12.1. The molecule has 1 heterocycles. The third kappa shape index (κ3) is 2.95. The van der Waals surface area contributed by atoms with Crippen LogP contribution in [0.4, 0.5) is 5.69 Å². The number of aromatic nitrogens is 1. The maximum absolute atomic E-state index is 9.34. The van der Waals surface area contributed by atoms with Crippen LogP contribution in [0.3, 0.4) is 0 Å². The summed E-state index contributed by atoms with van der Waals surface area (Å²) in [7, 11) is 0. The molecule has 0 aliphatic heterocycles. The van der Waals surface area contributed by atoms with Gasteiger partial charge in [-0.05, 0) is 25.0 Å². The molecule has 2 atom stereocenters. The molecule has 4 heteroatoms. The molecule has 0 aromatic carbocycles. The van der Waals surface area contributed by atoms with Crippen LogP contribution in [0.2, 0.25) is 0 Å². The summed E-state index contributed by atoms with van der Waals surface area (Å²) in [5.74, 6) is 0.322. The van der Waals surface area contributed by atoms with Crippen LogP contribution in [-0.4, -0.2) is 22.7 Å². The Morgan fingerprint density at radius 2 is 2.29 bits per heavy atom. The van der Waals surface area contributed by atoms with Gasteiger partial charge in [0.05, 0.1) is 0 Å². The highest BCUT2D eigenvalue weighted by atomic mass is 16.3. The number of nitriles is 1. The number of anilines is 1. The van der Waals surface area contributed by atoms with Crippen LogP contribution in [0.5, 0.6) is 0 Å². The molecule has 1 aromatic rings. The number of hydrogen-bond acceptors (Lipinski definition) is 4. The van der Waals surface area contributed by atoms with Crippen molar-refractivity contribution in [2.45, 2.75) is 31.7 Å². The Hall–Kier alpha value is -1.60. The molecule has 2 N–H and O–H groups in total. The van der Waals surface area contributed by atoms with Crippen molar-refractivity contribution in [1.29, 1.82) is 5.26 Å². The molecule has 2 rings (SSSR count). The summed E-state index contributed by atoms with van der Waals surface area (Å²) in [5, 5.41) is 21.5. The molecular weight excluding hydrogens is 214 g/mol. The lowest BCUT2D eigenvalue weighted by atomic mass is 9.85. The number of nitrogens with one attached hydrogen (secondary N) is 1. The van der Waals surface area contributed by atoms with Crippen molar-refractivity contribution >= 4 is 5.69 Å². The van der Waals surface area contributed by atoms with Crippen molar-refractivity contribution in [3.05, 3.63) is 24.0 Å². The maximum Gasteiger partial charge on any atom is 0.142 e. The fourth-order valence-corrected chi connectivity index (χ4v) is 2.41. The average Bonchev–Trinajstić information content (AvgIpc) is 2.39. The molecule has 1 aromatic heterocycles. The SMILES string of the molecule is N#Cc1cc(NC2CCCCC2CO)ccn1. The van der Waals surface area contributed by atoms with Crippen molar-refractivity contribution in [1.82, 2.24) is 4.98 Å². The van der Waals surface area contributed by atoms with Crippen LogP contribution in [0.15, 0.2) is 18.3 Å². The van der Waals surface area contributed by atoms with E-state index in [0.717, 1.165) is 18.5 Å². The van der Waals surface area contributed by atoms with Crippen molar-refractivity contribution in [2.75, 3.05) is 11.9 Å². The van der Waals surface area contributed by atoms with Gasteiger partial charge in [0, 0.05) is 30.5 Å². The van der Waals surface area contributed by atoms with Gasteiger partial charge in [-0.25, -0.2) is 4.98 Å². The molecule has 2 unspecified atom stereocenters. The summed E-state index contributed by atoms with van der Waals surface area (Å²) < 4.78 is 0. The molecule has 1 fully saturated rings. The minimum atomic E-state index is 0.230. The van der Waals surface area contributed by atoms with Gasteiger partial charge in [-0.2, -0.15) is 5.26 Å². The van der Waals surface area contributed by atoms with Gasteiger partial charge in [-0.1, -0.05) is 12.8 Å². The summed E-state index contributed by atoms with van der Waals surface area (Å²) in [6, 6.07) is 5.96. The van der Waals surface area contributed by atoms with Gasteiger partial charge in [0.2, 0.25) is 0 Å². The molecule has 0 spiro atoms. The van der Waals surface area contributed by atoms with Gasteiger partial charge >= 0.3 is 0 Å². The zero-order valence-corrected chi connectivity index (χ0v) is 9.76. The van der Waals surface area contributed by atoms with Gasteiger partial charge < -0.3 is 10.4 Å². The Bertz CT molecular complexity index is 413. The topological polar surface area (TPSA) is 68.9 Å². The fourth-order valence-electron chi connectivity index (χ4n) is 2.41. The molecule has 0 saturated heterocycles. The Balaban J connectivity index is 2.06. The van der Waals surface area contributed by atoms with E-state index in [4.69, 9.17) is 5.26 Å². The number of nitrogens with zero attached hydrogens (tertiary/aromatic N) is 2. The van der Waals surface area contributed by atoms with E-state index in [9.17, 15) is 5.11 Å². The minimum absolute atomic E-state index is 0.230. The van der Waals surface area contributed by atoms with E-state index in [2.05, 4.69) is 10.3 Å². The molecule has 90 valence electrons. The molecule has 1 aliphatic rings. The molecular formula is C13H17N3O. The van der Waals surface area contributed by atoms with E-state index < -0.39 is 0 Å². The first-order valence-electron chi connectivity index (χ1n) is 6.07. The lowest BCUT2D eigenvalue weighted by Crippen LogP contribution is -2.34. The smallest absolute Gasteiger partial charge is 0.142 e. The lowest BCUT2D eigenvalue weighted by molar-refractivity contribution is 0.178. The summed E-state index contributed by atoms with van der Waals surface area (Å²) in [6.07, 6.45) is 6.19. The zero-order valence-electron chi connectivity index (χ0n) is 9.76. The summed E-state index contributed by atoms with van der Waals surface area (Å²) in [4.78, 5) is 3.94. The number of hydrogen-bond donors (Lipinski definition) is 2. The van der Waals surface area contributed by atoms with Gasteiger partial charge in [0.25, 0.3) is 0 Å². The van der Waals surface area contributed by atoms with Crippen molar-refractivity contribution < 1.29 is 5.11 Å². The van der Waals surface area contributed by atoms with Crippen molar-refractivity contribution in [3.8, 4) is 6.07 Å². The van der Waals surface area contributed by atoms with Gasteiger partial charge in [0.1, 0.15) is 11.8 Å². The van der Waals surface area contributed by atoms with E-state index in [1.54, 1.807) is 12.3 Å². The second-order valence-electron chi connectivity index (χ2n) is 4.52. The molecule has 1 saturated carbocycles. The standard InChI is InChI=1S/C13H17N3O/c14-8-12-7-11(5-6-15-12)16-13-4-2-1-3-10(13)9-17/h5-7,10,13,17H,1-4,9H2,(H,15,16). The fraction of sp³-hybridized carbons (Fsp3) is 0.538. The van der Waals surface area contributed by atoms with Crippen molar-refractivity contribution in [2.24, 2.45) is 5.92 Å². The van der Waals surface area contributed by atoms with E-state index in [-0.39, 0.29) is 6.61 Å². The van der Waals surface area contributed by atoms with Crippen LogP contribution in [0.1, 0.15) is 31.4 Å². The monoisotopic (exact) mass is 231 g/mol. The first-order valence-corrected chi connectivity index (χ1v) is 6.07. The number of pyridine rings is 1. The van der Waals surface area contributed by atoms with E-state index in [1.807, 2.05) is 12.1 Å². The first-order chi connectivity index (χ1) is 8.33. The average molecular weight is 231 g/mol. The van der Waals surface area contributed by atoms with Crippen LogP contribution in [0.25, 0.3) is 0 Å². The largest absolute Gasteiger partial charge is 0.396 e. The number of aliphatic hydroxyl groups is 1. The van der Waals surface area contributed by atoms with E-state index in [0.29, 0.717) is 17.7 Å². The summed E-state index contributed by atoms with van der Waals surface area (Å²) in [5.41, 5.74) is 1.34. The molecule has 4 nitrogen and oxygen atoms in total. The van der Waals surface area contributed by atoms with Crippen LogP contribution >= 0.6 is 0 Å². The highest BCUT2D eigenvalue weighted by Crippen LogP contribution is 2.26. The quantitative estimate of drug-likeness (QED) is 0.833. The minimum Gasteiger partial charge on any atom is -0.396 e. The summed E-state index contributed by atoms with van der Waals surface area (Å²) >= 11 is 0. The molecule has 0 amide bonds. The lowest BCUT2D eigenvalue weighted by Gasteiger charge is -2.31. The number of rotatable bonds is 3. The predicted molar refractivity (Wildman–Crippen MR) is 65.4 cm³/mol. The summed E-state index contributed by atoms with van der Waals surface area (Å²) in [6.45, 7) is 0.230. The van der Waals surface area contributed by atoms with Gasteiger partial charge in [-0.15, -0.1) is 0 Å². The maximum atomic E-state index is 9.34. The van der Waals surface area contributed by atoms with E-state index >= 15 is 0 Å². The van der Waals surface area contributed by atoms with Crippen LogP contribution < -0.4 is 5.32 Å². The molecule has 1 aliphatic carbocycles. The Labute approximate surface area is 101 Å². The molecule has 0 bridgehead atoms. The second kappa shape index (κ2) is 5.65. The van der Waals surface area contributed by atoms with E-state index in [1.165, 1.54) is 12.8 Å².